The molecule has 0 spiro atoms. The van der Waals surface area contributed by atoms with Crippen LogP contribution in [0.25, 0.3) is 0 Å². The minimum atomic E-state index is -0.00947. The van der Waals surface area contributed by atoms with Crippen LogP contribution in [0.15, 0.2) is 24.3 Å². The van der Waals surface area contributed by atoms with Gasteiger partial charge in [0.1, 0.15) is 0 Å². The fourth-order valence-electron chi connectivity index (χ4n) is 3.47. The van der Waals surface area contributed by atoms with Gasteiger partial charge in [0.2, 0.25) is 5.91 Å². The molecule has 6 heteroatoms. The summed E-state index contributed by atoms with van der Waals surface area (Å²) in [6.45, 7) is 7.86. The third-order valence-electron chi connectivity index (χ3n) is 5.20. The lowest BCUT2D eigenvalue weighted by Crippen LogP contribution is -2.53. The van der Waals surface area contributed by atoms with Gasteiger partial charge in [0.25, 0.3) is 0 Å². The molecule has 2 N–H and O–H groups in total. The second kappa shape index (κ2) is 8.54. The molecule has 1 saturated carbocycles. The van der Waals surface area contributed by atoms with Crippen molar-refractivity contribution in [3.05, 3.63) is 35.4 Å². The summed E-state index contributed by atoms with van der Waals surface area (Å²) in [6, 6.07) is 8.59. The molecule has 2 fully saturated rings. The number of nitrogens with zero attached hydrogens (tertiary/aromatic N) is 2. The normalized spacial score (nSPS) is 19.1. The van der Waals surface area contributed by atoms with Gasteiger partial charge >= 0.3 is 6.03 Å². The molecule has 1 aromatic rings. The first-order valence-electron chi connectivity index (χ1n) is 9.68. The molecular formula is C20H30N4O2. The Hall–Kier alpha value is -2.08. The van der Waals surface area contributed by atoms with Gasteiger partial charge < -0.3 is 15.5 Å². The molecular weight excluding hydrogens is 328 g/mol. The van der Waals surface area contributed by atoms with Gasteiger partial charge in [-0.3, -0.25) is 9.69 Å². The highest BCUT2D eigenvalue weighted by Gasteiger charge is 2.33. The monoisotopic (exact) mass is 358 g/mol. The highest BCUT2D eigenvalue weighted by Crippen LogP contribution is 2.41. The SMILES string of the molecule is CCNC(=O)N1CCN(CC(=O)NC(c2ccc(C)cc2)C2CC2)CC1. The number of aryl methyl sites for hydroxylation is 1. The molecule has 142 valence electrons. The van der Waals surface area contributed by atoms with Crippen molar-refractivity contribution in [1.82, 2.24) is 20.4 Å². The number of benzene rings is 1. The van der Waals surface area contributed by atoms with Crippen molar-refractivity contribution in [3.8, 4) is 0 Å². The lowest BCUT2D eigenvalue weighted by molar-refractivity contribution is -0.123. The molecule has 3 amide bonds. The molecule has 1 aliphatic carbocycles. The van der Waals surface area contributed by atoms with Crippen molar-refractivity contribution >= 4 is 11.9 Å². The van der Waals surface area contributed by atoms with Crippen molar-refractivity contribution < 1.29 is 9.59 Å². The van der Waals surface area contributed by atoms with Crippen molar-refractivity contribution in [2.24, 2.45) is 5.92 Å². The molecule has 1 unspecified atom stereocenters. The number of hydrogen-bond acceptors (Lipinski definition) is 3. The number of nitrogens with one attached hydrogen (secondary N) is 2. The van der Waals surface area contributed by atoms with Gasteiger partial charge in [0.15, 0.2) is 0 Å². The molecule has 1 aliphatic heterocycles. The minimum absolute atomic E-state index is 0.00947. The van der Waals surface area contributed by atoms with Gasteiger partial charge in [-0.25, -0.2) is 4.79 Å². The summed E-state index contributed by atoms with van der Waals surface area (Å²) >= 11 is 0. The Morgan fingerprint density at radius 2 is 1.77 bits per heavy atom. The van der Waals surface area contributed by atoms with Crippen molar-refractivity contribution in [3.63, 3.8) is 0 Å². The van der Waals surface area contributed by atoms with Gasteiger partial charge in [-0.15, -0.1) is 0 Å². The number of rotatable bonds is 6. The minimum Gasteiger partial charge on any atom is -0.348 e. The van der Waals surface area contributed by atoms with Crippen LogP contribution in [0.3, 0.4) is 0 Å². The van der Waals surface area contributed by atoms with Crippen molar-refractivity contribution in [2.75, 3.05) is 39.3 Å². The van der Waals surface area contributed by atoms with Gasteiger partial charge in [-0.2, -0.15) is 0 Å². The van der Waals surface area contributed by atoms with Crippen LogP contribution in [0, 0.1) is 12.8 Å². The summed E-state index contributed by atoms with van der Waals surface area (Å²) in [5.41, 5.74) is 2.44. The quantitative estimate of drug-likeness (QED) is 0.816. The van der Waals surface area contributed by atoms with Crippen molar-refractivity contribution in [1.29, 1.82) is 0 Å². The number of amides is 3. The Morgan fingerprint density at radius 3 is 2.35 bits per heavy atom. The highest BCUT2D eigenvalue weighted by atomic mass is 16.2. The standard InChI is InChI=1S/C20H30N4O2/c1-3-21-20(26)24-12-10-23(11-13-24)14-18(25)22-19(17-8-9-17)16-6-4-15(2)5-7-16/h4-7,17,19H,3,8-14H2,1-2H3,(H,21,26)(H,22,25). The van der Waals surface area contributed by atoms with Crippen LogP contribution in [0.5, 0.6) is 0 Å². The maximum atomic E-state index is 12.6. The summed E-state index contributed by atoms with van der Waals surface area (Å²) in [5, 5.41) is 6.07. The highest BCUT2D eigenvalue weighted by molar-refractivity contribution is 5.79. The molecule has 3 rings (SSSR count). The smallest absolute Gasteiger partial charge is 0.317 e. The number of urea groups is 1. The third-order valence-corrected chi connectivity index (χ3v) is 5.20. The number of carbonyl (C=O) groups excluding carboxylic acids is 2. The Kier molecular flexibility index (Phi) is 6.14. The molecule has 0 aromatic heterocycles. The Balaban J connectivity index is 1.49. The van der Waals surface area contributed by atoms with Crippen LogP contribution in [-0.2, 0) is 4.79 Å². The van der Waals surface area contributed by atoms with E-state index in [1.165, 1.54) is 24.0 Å². The summed E-state index contributed by atoms with van der Waals surface area (Å²) in [6.07, 6.45) is 2.37. The molecule has 0 radical (unpaired) electrons. The molecule has 0 bridgehead atoms. The van der Waals surface area contributed by atoms with Crippen LogP contribution in [0.4, 0.5) is 4.79 Å². The zero-order valence-corrected chi connectivity index (χ0v) is 15.8. The van der Waals surface area contributed by atoms with E-state index in [2.05, 4.69) is 46.7 Å². The number of carbonyl (C=O) groups is 2. The summed E-state index contributed by atoms with van der Waals surface area (Å²) in [4.78, 5) is 28.4. The predicted molar refractivity (Wildman–Crippen MR) is 102 cm³/mol. The van der Waals surface area contributed by atoms with E-state index in [1.807, 2.05) is 11.8 Å². The van der Waals surface area contributed by atoms with E-state index in [0.29, 0.717) is 32.1 Å². The van der Waals surface area contributed by atoms with Gasteiger partial charge in [0, 0.05) is 32.7 Å². The van der Waals surface area contributed by atoms with E-state index < -0.39 is 0 Å². The zero-order chi connectivity index (χ0) is 18.5. The summed E-state index contributed by atoms with van der Waals surface area (Å²) < 4.78 is 0. The summed E-state index contributed by atoms with van der Waals surface area (Å²) in [7, 11) is 0. The largest absolute Gasteiger partial charge is 0.348 e. The zero-order valence-electron chi connectivity index (χ0n) is 15.8. The second-order valence-electron chi connectivity index (χ2n) is 7.39. The Labute approximate surface area is 155 Å². The van der Waals surface area contributed by atoms with Crippen LogP contribution < -0.4 is 10.6 Å². The van der Waals surface area contributed by atoms with Crippen LogP contribution in [0.2, 0.25) is 0 Å². The summed E-state index contributed by atoms with van der Waals surface area (Å²) in [5.74, 6) is 0.644. The van der Waals surface area contributed by atoms with Crippen LogP contribution >= 0.6 is 0 Å². The molecule has 1 atom stereocenters. The Bertz CT molecular complexity index is 619. The van der Waals surface area contributed by atoms with E-state index in [9.17, 15) is 9.59 Å². The number of hydrogen-bond donors (Lipinski definition) is 2. The molecule has 6 nitrogen and oxygen atoms in total. The first-order chi connectivity index (χ1) is 12.6. The van der Waals surface area contributed by atoms with E-state index in [0.717, 1.165) is 13.1 Å². The first kappa shape index (κ1) is 18.7. The fourth-order valence-corrected chi connectivity index (χ4v) is 3.47. The molecule has 1 saturated heterocycles. The topological polar surface area (TPSA) is 64.7 Å². The van der Waals surface area contributed by atoms with E-state index in [4.69, 9.17) is 0 Å². The van der Waals surface area contributed by atoms with E-state index in [1.54, 1.807) is 0 Å². The van der Waals surface area contributed by atoms with Crippen LogP contribution in [0.1, 0.15) is 36.9 Å². The fraction of sp³-hybridized carbons (Fsp3) is 0.600. The van der Waals surface area contributed by atoms with E-state index in [-0.39, 0.29) is 18.0 Å². The predicted octanol–water partition coefficient (Wildman–Crippen LogP) is 1.91. The maximum Gasteiger partial charge on any atom is 0.317 e. The van der Waals surface area contributed by atoms with E-state index >= 15 is 0 Å². The van der Waals surface area contributed by atoms with Gasteiger partial charge in [-0.05, 0) is 38.2 Å². The molecule has 1 aromatic carbocycles. The third kappa shape index (κ3) is 4.97. The first-order valence-corrected chi connectivity index (χ1v) is 9.68. The second-order valence-corrected chi connectivity index (χ2v) is 7.39. The lowest BCUT2D eigenvalue weighted by atomic mass is 10.0. The molecule has 26 heavy (non-hydrogen) atoms. The van der Waals surface area contributed by atoms with Crippen LogP contribution in [-0.4, -0.2) is 61.0 Å². The van der Waals surface area contributed by atoms with Crippen molar-refractivity contribution in [2.45, 2.75) is 32.7 Å². The molecule has 2 aliphatic rings. The van der Waals surface area contributed by atoms with Gasteiger partial charge in [-0.1, -0.05) is 29.8 Å². The molecule has 1 heterocycles. The maximum absolute atomic E-state index is 12.6. The average Bonchev–Trinajstić information content (AvgIpc) is 3.46. The van der Waals surface area contributed by atoms with Gasteiger partial charge in [0.05, 0.1) is 12.6 Å². The lowest BCUT2D eigenvalue weighted by Gasteiger charge is -2.34. The average molecular weight is 358 g/mol. The Morgan fingerprint density at radius 1 is 1.12 bits per heavy atom. The number of piperazine rings is 1.